The minimum absolute atomic E-state index is 0.0620. The fourth-order valence-electron chi connectivity index (χ4n) is 3.15. The van der Waals surface area contributed by atoms with Crippen molar-refractivity contribution in [2.45, 2.75) is 27.2 Å². The van der Waals surface area contributed by atoms with Crippen molar-refractivity contribution in [3.05, 3.63) is 34.4 Å². The first kappa shape index (κ1) is 18.9. The molecule has 134 valence electrons. The Morgan fingerprint density at radius 2 is 1.54 bits per heavy atom. The molecule has 0 saturated carbocycles. The van der Waals surface area contributed by atoms with Crippen molar-refractivity contribution in [2.24, 2.45) is 0 Å². The fraction of sp³-hybridized carbons (Fsp3) is 0.588. The highest BCUT2D eigenvalue weighted by Crippen LogP contribution is 2.18. The molecule has 1 aromatic carbocycles. The van der Waals surface area contributed by atoms with Gasteiger partial charge in [-0.15, -0.1) is 0 Å². The summed E-state index contributed by atoms with van der Waals surface area (Å²) in [7, 11) is -0.350. The summed E-state index contributed by atoms with van der Waals surface area (Å²) in [6, 6.07) is 4.19. The van der Waals surface area contributed by atoms with Gasteiger partial charge < -0.3 is 4.90 Å². The Kier molecular flexibility index (Phi) is 5.67. The molecule has 0 N–H and O–H groups in total. The van der Waals surface area contributed by atoms with E-state index in [9.17, 15) is 13.2 Å². The van der Waals surface area contributed by atoms with Gasteiger partial charge in [-0.1, -0.05) is 17.7 Å². The molecule has 0 aliphatic carbocycles. The van der Waals surface area contributed by atoms with E-state index in [0.29, 0.717) is 32.6 Å². The van der Waals surface area contributed by atoms with Crippen molar-refractivity contribution in [2.75, 3.05) is 40.3 Å². The summed E-state index contributed by atoms with van der Waals surface area (Å²) in [6.45, 7) is 7.69. The second-order valence-electron chi connectivity index (χ2n) is 6.62. The Labute approximate surface area is 145 Å². The van der Waals surface area contributed by atoms with Gasteiger partial charge in [0.05, 0.1) is 6.42 Å². The molecule has 0 unspecified atom stereocenters. The van der Waals surface area contributed by atoms with Crippen LogP contribution in [0.3, 0.4) is 0 Å². The topological polar surface area (TPSA) is 60.9 Å². The molecule has 1 aromatic rings. The van der Waals surface area contributed by atoms with E-state index in [1.165, 1.54) is 28.3 Å². The molecule has 24 heavy (non-hydrogen) atoms. The molecule has 1 aliphatic rings. The third-order valence-corrected chi connectivity index (χ3v) is 6.49. The van der Waals surface area contributed by atoms with Gasteiger partial charge in [-0.3, -0.25) is 4.79 Å². The lowest BCUT2D eigenvalue weighted by atomic mass is 9.97. The molecule has 1 saturated heterocycles. The van der Waals surface area contributed by atoms with Crippen molar-refractivity contribution < 1.29 is 13.2 Å². The van der Waals surface area contributed by atoms with Crippen LogP contribution in [0, 0.1) is 20.8 Å². The Morgan fingerprint density at radius 3 is 2.00 bits per heavy atom. The van der Waals surface area contributed by atoms with E-state index in [-0.39, 0.29) is 5.91 Å². The summed E-state index contributed by atoms with van der Waals surface area (Å²) in [6.07, 6.45) is 0.373. The zero-order valence-corrected chi connectivity index (χ0v) is 16.0. The molecule has 0 atom stereocenters. The average Bonchev–Trinajstić information content (AvgIpc) is 2.50. The van der Waals surface area contributed by atoms with Crippen LogP contribution in [0.4, 0.5) is 0 Å². The number of hydrogen-bond donors (Lipinski definition) is 0. The van der Waals surface area contributed by atoms with Crippen molar-refractivity contribution in [3.63, 3.8) is 0 Å². The van der Waals surface area contributed by atoms with Crippen LogP contribution in [0.5, 0.6) is 0 Å². The second-order valence-corrected chi connectivity index (χ2v) is 8.77. The van der Waals surface area contributed by atoms with E-state index in [1.54, 1.807) is 4.90 Å². The molecular formula is C17H27N3O3S. The Morgan fingerprint density at radius 1 is 1.04 bits per heavy atom. The van der Waals surface area contributed by atoms with Crippen molar-refractivity contribution in [1.29, 1.82) is 0 Å². The Bertz CT molecular complexity index is 698. The molecule has 7 heteroatoms. The van der Waals surface area contributed by atoms with Gasteiger partial charge in [0.15, 0.2) is 0 Å². The highest BCUT2D eigenvalue weighted by Gasteiger charge is 2.30. The Balaban J connectivity index is 2.02. The normalized spacial score (nSPS) is 16.7. The lowest BCUT2D eigenvalue weighted by molar-refractivity contribution is -0.131. The van der Waals surface area contributed by atoms with Gasteiger partial charge in [0, 0.05) is 40.3 Å². The van der Waals surface area contributed by atoms with Gasteiger partial charge >= 0.3 is 0 Å². The van der Waals surface area contributed by atoms with Gasteiger partial charge in [-0.25, -0.2) is 0 Å². The summed E-state index contributed by atoms with van der Waals surface area (Å²) in [5.74, 6) is 0.0620. The molecule has 6 nitrogen and oxygen atoms in total. The molecule has 1 heterocycles. The summed E-state index contributed by atoms with van der Waals surface area (Å²) in [5.41, 5.74) is 4.54. The number of carbonyl (C=O) groups is 1. The minimum Gasteiger partial charge on any atom is -0.340 e. The summed E-state index contributed by atoms with van der Waals surface area (Å²) in [5, 5.41) is 0. The number of nitrogens with zero attached hydrogens (tertiary/aromatic N) is 3. The fourth-order valence-corrected chi connectivity index (χ4v) is 4.24. The minimum atomic E-state index is -3.40. The van der Waals surface area contributed by atoms with Crippen LogP contribution in [0.2, 0.25) is 0 Å². The Hall–Kier alpha value is -1.44. The van der Waals surface area contributed by atoms with Gasteiger partial charge in [0.1, 0.15) is 0 Å². The summed E-state index contributed by atoms with van der Waals surface area (Å²) in [4.78, 5) is 14.4. The van der Waals surface area contributed by atoms with E-state index in [2.05, 4.69) is 19.1 Å². The molecule has 1 fully saturated rings. The number of aryl methyl sites for hydroxylation is 3. The lowest BCUT2D eigenvalue weighted by Gasteiger charge is -2.35. The van der Waals surface area contributed by atoms with E-state index < -0.39 is 10.2 Å². The molecule has 1 amide bonds. The first-order valence-electron chi connectivity index (χ1n) is 8.15. The number of benzene rings is 1. The number of amides is 1. The molecule has 0 bridgehead atoms. The third-order valence-electron chi connectivity index (χ3n) is 4.55. The number of hydrogen-bond acceptors (Lipinski definition) is 3. The molecule has 2 rings (SSSR count). The van der Waals surface area contributed by atoms with Gasteiger partial charge in [-0.2, -0.15) is 17.0 Å². The highest BCUT2D eigenvalue weighted by atomic mass is 32.2. The van der Waals surface area contributed by atoms with E-state index >= 15 is 0 Å². The third kappa shape index (κ3) is 3.96. The summed E-state index contributed by atoms with van der Waals surface area (Å²) < 4.78 is 26.9. The van der Waals surface area contributed by atoms with E-state index in [1.807, 2.05) is 13.8 Å². The first-order valence-corrected chi connectivity index (χ1v) is 9.54. The van der Waals surface area contributed by atoms with Crippen molar-refractivity contribution in [3.8, 4) is 0 Å². The van der Waals surface area contributed by atoms with Crippen molar-refractivity contribution in [1.82, 2.24) is 13.5 Å². The van der Waals surface area contributed by atoms with Gasteiger partial charge in [0.25, 0.3) is 10.2 Å². The van der Waals surface area contributed by atoms with Gasteiger partial charge in [-0.05, 0) is 37.5 Å². The molecule has 0 aromatic heterocycles. The van der Waals surface area contributed by atoms with E-state index in [4.69, 9.17) is 0 Å². The molecule has 0 spiro atoms. The zero-order chi connectivity index (χ0) is 18.1. The predicted octanol–water partition coefficient (Wildman–Crippen LogP) is 1.10. The first-order chi connectivity index (χ1) is 11.1. The number of carbonyl (C=O) groups excluding carboxylic acids is 1. The maximum atomic E-state index is 12.6. The lowest BCUT2D eigenvalue weighted by Crippen LogP contribution is -2.53. The maximum absolute atomic E-state index is 12.6. The molecular weight excluding hydrogens is 326 g/mol. The van der Waals surface area contributed by atoms with Crippen LogP contribution in [-0.2, 0) is 21.4 Å². The molecule has 1 aliphatic heterocycles. The number of rotatable bonds is 4. The van der Waals surface area contributed by atoms with Gasteiger partial charge in [0.2, 0.25) is 5.91 Å². The quantitative estimate of drug-likeness (QED) is 0.814. The SMILES string of the molecule is Cc1cc(C)c(CC(=O)N2CCN(S(=O)(=O)N(C)C)CC2)c(C)c1. The van der Waals surface area contributed by atoms with Crippen LogP contribution in [0.25, 0.3) is 0 Å². The van der Waals surface area contributed by atoms with Crippen LogP contribution in [0.15, 0.2) is 12.1 Å². The average molecular weight is 353 g/mol. The largest absolute Gasteiger partial charge is 0.340 e. The van der Waals surface area contributed by atoms with Crippen LogP contribution >= 0.6 is 0 Å². The van der Waals surface area contributed by atoms with Crippen LogP contribution in [0.1, 0.15) is 22.3 Å². The predicted molar refractivity (Wildman–Crippen MR) is 95.1 cm³/mol. The molecule has 0 radical (unpaired) electrons. The standard InChI is InChI=1S/C17H27N3O3S/c1-13-10-14(2)16(15(3)11-13)12-17(21)19-6-8-20(9-7-19)24(22,23)18(4)5/h10-11H,6-9,12H2,1-5H3. The zero-order valence-electron chi connectivity index (χ0n) is 15.2. The highest BCUT2D eigenvalue weighted by molar-refractivity contribution is 7.86. The monoisotopic (exact) mass is 353 g/mol. The second kappa shape index (κ2) is 7.21. The summed E-state index contributed by atoms with van der Waals surface area (Å²) >= 11 is 0. The number of piperazine rings is 1. The van der Waals surface area contributed by atoms with Crippen LogP contribution < -0.4 is 0 Å². The van der Waals surface area contributed by atoms with Crippen molar-refractivity contribution >= 4 is 16.1 Å². The van der Waals surface area contributed by atoms with E-state index in [0.717, 1.165) is 16.7 Å². The smallest absolute Gasteiger partial charge is 0.281 e. The maximum Gasteiger partial charge on any atom is 0.281 e. The van der Waals surface area contributed by atoms with Crippen LogP contribution in [-0.4, -0.2) is 68.1 Å².